The number of fused-ring (bicyclic) bond motifs is 1. The lowest BCUT2D eigenvalue weighted by atomic mass is 10.0. The van der Waals surface area contributed by atoms with Gasteiger partial charge in [0, 0.05) is 24.0 Å². The minimum absolute atomic E-state index is 0.122. The van der Waals surface area contributed by atoms with E-state index in [9.17, 15) is 10.1 Å². The smallest absolute Gasteiger partial charge is 0.213 e. The van der Waals surface area contributed by atoms with E-state index >= 15 is 0 Å². The highest BCUT2D eigenvalue weighted by Crippen LogP contribution is 2.28. The van der Waals surface area contributed by atoms with Gasteiger partial charge in [-0.2, -0.15) is 5.26 Å². The van der Waals surface area contributed by atoms with Crippen LogP contribution in [0.25, 0.3) is 17.0 Å². The van der Waals surface area contributed by atoms with Crippen molar-refractivity contribution in [3.05, 3.63) is 63.4 Å². The number of carbonyl (C=O) groups is 1. The number of ketones is 1. The molecule has 1 aliphatic heterocycles. The van der Waals surface area contributed by atoms with Gasteiger partial charge in [-0.1, -0.05) is 18.2 Å². The van der Waals surface area contributed by atoms with Crippen LogP contribution in [0.3, 0.4) is 0 Å². The number of pyridine rings is 1. The largest absolute Gasteiger partial charge is 0.378 e. The lowest BCUT2D eigenvalue weighted by Crippen LogP contribution is -2.37. The van der Waals surface area contributed by atoms with Crippen molar-refractivity contribution in [1.82, 2.24) is 4.98 Å². The Hall–Kier alpha value is -3.01. The van der Waals surface area contributed by atoms with Crippen molar-refractivity contribution < 1.29 is 9.53 Å². The van der Waals surface area contributed by atoms with Gasteiger partial charge in [0.2, 0.25) is 5.78 Å². The third kappa shape index (κ3) is 3.55. The predicted octanol–water partition coefficient (Wildman–Crippen LogP) is 4.23. The average molecular weight is 389 g/mol. The molecule has 0 spiro atoms. The molecule has 2 aromatic heterocycles. The van der Waals surface area contributed by atoms with Crippen LogP contribution < -0.4 is 4.90 Å². The highest BCUT2D eigenvalue weighted by Gasteiger charge is 2.20. The molecule has 0 aliphatic carbocycles. The number of benzene rings is 1. The molecule has 0 bridgehead atoms. The van der Waals surface area contributed by atoms with Crippen LogP contribution in [-0.4, -0.2) is 37.1 Å². The molecule has 28 heavy (non-hydrogen) atoms. The van der Waals surface area contributed by atoms with Crippen molar-refractivity contribution in [3.63, 3.8) is 0 Å². The van der Waals surface area contributed by atoms with E-state index in [-0.39, 0.29) is 11.4 Å². The molecule has 0 unspecified atom stereocenters. The van der Waals surface area contributed by atoms with E-state index < -0.39 is 0 Å². The number of morpholine rings is 1. The maximum atomic E-state index is 12.9. The Morgan fingerprint density at radius 3 is 2.79 bits per heavy atom. The van der Waals surface area contributed by atoms with Gasteiger partial charge in [0.05, 0.1) is 23.6 Å². The van der Waals surface area contributed by atoms with E-state index in [1.807, 2.05) is 48.7 Å². The monoisotopic (exact) mass is 389 g/mol. The third-order valence-corrected chi connectivity index (χ3v) is 5.79. The number of para-hydroxylation sites is 1. The first-order valence-corrected chi connectivity index (χ1v) is 9.98. The molecule has 1 aliphatic rings. The van der Waals surface area contributed by atoms with E-state index in [1.54, 1.807) is 6.08 Å². The molecule has 1 fully saturated rings. The van der Waals surface area contributed by atoms with E-state index in [2.05, 4.69) is 11.0 Å². The van der Waals surface area contributed by atoms with Gasteiger partial charge < -0.3 is 9.64 Å². The van der Waals surface area contributed by atoms with E-state index in [0.29, 0.717) is 18.1 Å². The van der Waals surface area contributed by atoms with Crippen LogP contribution in [-0.2, 0) is 4.74 Å². The van der Waals surface area contributed by atoms with E-state index in [4.69, 9.17) is 9.72 Å². The van der Waals surface area contributed by atoms with Gasteiger partial charge in [-0.25, -0.2) is 4.98 Å². The molecule has 0 saturated carbocycles. The summed E-state index contributed by atoms with van der Waals surface area (Å²) in [6.45, 7) is 4.61. The zero-order valence-electron chi connectivity index (χ0n) is 15.5. The molecule has 1 saturated heterocycles. The Labute approximate surface area is 167 Å². The Balaban J connectivity index is 1.83. The highest BCUT2D eigenvalue weighted by atomic mass is 32.1. The van der Waals surface area contributed by atoms with Crippen molar-refractivity contribution >= 4 is 39.9 Å². The summed E-state index contributed by atoms with van der Waals surface area (Å²) in [5, 5.41) is 12.5. The van der Waals surface area contributed by atoms with Gasteiger partial charge in [-0.3, -0.25) is 4.79 Å². The zero-order valence-corrected chi connectivity index (χ0v) is 16.3. The first-order chi connectivity index (χ1) is 13.7. The molecule has 3 aromatic rings. The summed E-state index contributed by atoms with van der Waals surface area (Å²) in [5.74, 6) is 0.543. The van der Waals surface area contributed by atoms with E-state index in [0.717, 1.165) is 40.9 Å². The van der Waals surface area contributed by atoms with Crippen LogP contribution in [0.4, 0.5) is 5.82 Å². The number of hydrogen-bond acceptors (Lipinski definition) is 6. The normalized spacial score (nSPS) is 14.9. The molecule has 1 aromatic carbocycles. The number of thiophene rings is 1. The molecular weight excluding hydrogens is 370 g/mol. The van der Waals surface area contributed by atoms with Gasteiger partial charge in [-0.05, 0) is 42.1 Å². The second kappa shape index (κ2) is 7.93. The number of allylic oxidation sites excluding steroid dienone is 1. The van der Waals surface area contributed by atoms with Crippen molar-refractivity contribution in [3.8, 4) is 6.07 Å². The van der Waals surface area contributed by atoms with Crippen molar-refractivity contribution in [2.75, 3.05) is 31.2 Å². The van der Waals surface area contributed by atoms with E-state index in [1.165, 1.54) is 11.3 Å². The predicted molar refractivity (Wildman–Crippen MR) is 112 cm³/mol. The van der Waals surface area contributed by atoms with Crippen LogP contribution >= 0.6 is 11.3 Å². The lowest BCUT2D eigenvalue weighted by molar-refractivity contribution is 0.104. The summed E-state index contributed by atoms with van der Waals surface area (Å²) in [7, 11) is 0. The number of anilines is 1. The van der Waals surface area contributed by atoms with Crippen molar-refractivity contribution in [2.45, 2.75) is 6.92 Å². The topological polar surface area (TPSA) is 66.2 Å². The Kier molecular flexibility index (Phi) is 5.20. The number of ether oxygens (including phenoxy) is 1. The SMILES string of the molecule is Cc1ccsc1C(=O)C(C#N)=Cc1cc2ccccc2nc1N1CCOCC1. The third-order valence-electron chi connectivity index (χ3n) is 4.78. The highest BCUT2D eigenvalue weighted by molar-refractivity contribution is 7.12. The second-order valence-electron chi connectivity index (χ2n) is 6.63. The van der Waals surface area contributed by atoms with Crippen molar-refractivity contribution in [2.24, 2.45) is 0 Å². The lowest BCUT2D eigenvalue weighted by Gasteiger charge is -2.29. The molecule has 0 atom stereocenters. The molecule has 6 heteroatoms. The van der Waals surface area contributed by atoms with Gasteiger partial charge in [0.1, 0.15) is 17.5 Å². The molecule has 0 N–H and O–H groups in total. The molecule has 5 nitrogen and oxygen atoms in total. The van der Waals surface area contributed by atoms with Gasteiger partial charge in [0.15, 0.2) is 0 Å². The molecule has 140 valence electrons. The minimum atomic E-state index is -0.240. The van der Waals surface area contributed by atoms with Crippen LogP contribution in [0, 0.1) is 18.3 Å². The van der Waals surface area contributed by atoms with Crippen LogP contribution in [0.2, 0.25) is 0 Å². The number of carbonyl (C=O) groups excluding carboxylic acids is 1. The molecular formula is C22H19N3O2S. The fraction of sp³-hybridized carbons (Fsp3) is 0.227. The maximum absolute atomic E-state index is 12.9. The second-order valence-corrected chi connectivity index (χ2v) is 7.54. The van der Waals surface area contributed by atoms with Gasteiger partial charge >= 0.3 is 0 Å². The van der Waals surface area contributed by atoms with Crippen LogP contribution in [0.15, 0.2) is 47.4 Å². The molecule has 0 radical (unpaired) electrons. The summed E-state index contributed by atoms with van der Waals surface area (Å²) >= 11 is 1.36. The summed E-state index contributed by atoms with van der Waals surface area (Å²) in [5.41, 5.74) is 2.68. The number of nitrogens with zero attached hydrogens (tertiary/aromatic N) is 3. The average Bonchev–Trinajstić information content (AvgIpc) is 3.17. The standard InChI is InChI=1S/C22H19N3O2S/c1-15-6-11-28-21(15)20(26)18(14-23)13-17-12-16-4-2-3-5-19(16)24-22(17)25-7-9-27-10-8-25/h2-6,11-13H,7-10H2,1H3. The number of aromatic nitrogens is 1. The molecule has 3 heterocycles. The summed E-state index contributed by atoms with van der Waals surface area (Å²) in [4.78, 5) is 20.5. The molecule has 4 rings (SSSR count). The van der Waals surface area contributed by atoms with Crippen LogP contribution in [0.1, 0.15) is 20.8 Å². The number of aryl methyl sites for hydroxylation is 1. The van der Waals surface area contributed by atoms with Crippen LogP contribution in [0.5, 0.6) is 0 Å². The summed E-state index contributed by atoms with van der Waals surface area (Å²) < 4.78 is 5.46. The number of Topliss-reactive ketones (excluding diaryl/α,β-unsaturated/α-hetero) is 1. The number of nitriles is 1. The van der Waals surface area contributed by atoms with Gasteiger partial charge in [-0.15, -0.1) is 11.3 Å². The Bertz CT molecular complexity index is 1100. The Morgan fingerprint density at radius 2 is 2.07 bits per heavy atom. The van der Waals surface area contributed by atoms with Gasteiger partial charge in [0.25, 0.3) is 0 Å². The fourth-order valence-electron chi connectivity index (χ4n) is 3.29. The minimum Gasteiger partial charge on any atom is -0.378 e. The first-order valence-electron chi connectivity index (χ1n) is 9.10. The first kappa shape index (κ1) is 18.4. The van der Waals surface area contributed by atoms with Crippen molar-refractivity contribution in [1.29, 1.82) is 5.26 Å². The Morgan fingerprint density at radius 1 is 1.29 bits per heavy atom. The summed E-state index contributed by atoms with van der Waals surface area (Å²) in [6.07, 6.45) is 1.67. The fourth-order valence-corrected chi connectivity index (χ4v) is 4.17. The molecule has 0 amide bonds. The number of rotatable bonds is 4. The maximum Gasteiger partial charge on any atom is 0.213 e. The number of hydrogen-bond donors (Lipinski definition) is 0. The zero-order chi connectivity index (χ0) is 19.5. The summed E-state index contributed by atoms with van der Waals surface area (Å²) in [6, 6.07) is 13.9. The quantitative estimate of drug-likeness (QED) is 0.379.